The molecule has 2 amide bonds. The molecule has 22 heavy (non-hydrogen) atoms. The predicted molar refractivity (Wildman–Crippen MR) is 79.9 cm³/mol. The van der Waals surface area contributed by atoms with E-state index in [1.807, 2.05) is 0 Å². The van der Waals surface area contributed by atoms with Crippen LogP contribution in [0, 0.1) is 15.9 Å². The summed E-state index contributed by atoms with van der Waals surface area (Å²) < 4.78 is 13.3. The van der Waals surface area contributed by atoms with Crippen molar-refractivity contribution in [3.05, 3.63) is 34.1 Å². The van der Waals surface area contributed by atoms with Crippen LogP contribution >= 0.6 is 11.8 Å². The van der Waals surface area contributed by atoms with Gasteiger partial charge in [-0.15, -0.1) is 11.8 Å². The summed E-state index contributed by atoms with van der Waals surface area (Å²) in [6, 6.07) is 2.50. The van der Waals surface area contributed by atoms with Crippen molar-refractivity contribution in [2.24, 2.45) is 0 Å². The van der Waals surface area contributed by atoms with Gasteiger partial charge in [-0.05, 0) is 12.1 Å². The Bertz CT molecular complexity index is 625. The summed E-state index contributed by atoms with van der Waals surface area (Å²) in [6.07, 6.45) is 0.298. The van der Waals surface area contributed by atoms with Crippen LogP contribution in [0.15, 0.2) is 18.2 Å². The smallest absolute Gasteiger partial charge is 0.306 e. The Morgan fingerprint density at radius 2 is 2.27 bits per heavy atom. The molecule has 1 saturated heterocycles. The number of nitro groups is 1. The number of amides is 2. The number of anilines is 1. The summed E-state index contributed by atoms with van der Waals surface area (Å²) in [5.74, 6) is -0.639. The molecule has 0 radical (unpaired) electrons. The molecule has 2 rings (SSSR count). The highest BCUT2D eigenvalue weighted by Gasteiger charge is 2.34. The molecule has 0 saturated carbocycles. The first kappa shape index (κ1) is 16.2. The van der Waals surface area contributed by atoms with Crippen LogP contribution in [0.4, 0.5) is 15.8 Å². The molecule has 118 valence electrons. The van der Waals surface area contributed by atoms with Gasteiger partial charge in [0.25, 0.3) is 0 Å². The number of carbonyl (C=O) groups is 2. The fraction of sp³-hybridized carbons (Fsp3) is 0.385. The van der Waals surface area contributed by atoms with Crippen molar-refractivity contribution in [3.63, 3.8) is 0 Å². The third kappa shape index (κ3) is 3.35. The maximum atomic E-state index is 13.3. The third-order valence-electron chi connectivity index (χ3n) is 3.22. The topological polar surface area (TPSA) is 92.6 Å². The highest BCUT2D eigenvalue weighted by molar-refractivity contribution is 7.99. The lowest BCUT2D eigenvalue weighted by molar-refractivity contribution is -0.387. The molecule has 1 atom stereocenters. The van der Waals surface area contributed by atoms with Crippen LogP contribution in [0.25, 0.3) is 0 Å². The second kappa shape index (κ2) is 6.73. The van der Waals surface area contributed by atoms with E-state index < -0.39 is 28.4 Å². The monoisotopic (exact) mass is 327 g/mol. The van der Waals surface area contributed by atoms with Crippen molar-refractivity contribution in [2.45, 2.75) is 19.4 Å². The molecule has 1 unspecified atom stereocenters. The van der Waals surface area contributed by atoms with E-state index in [-0.39, 0.29) is 11.6 Å². The van der Waals surface area contributed by atoms with Gasteiger partial charge >= 0.3 is 5.69 Å². The molecule has 0 spiro atoms. The normalized spacial score (nSPS) is 17.4. The summed E-state index contributed by atoms with van der Waals surface area (Å²) in [6.45, 7) is 1.71. The quantitative estimate of drug-likeness (QED) is 0.674. The summed E-state index contributed by atoms with van der Waals surface area (Å²) >= 11 is 1.46. The molecule has 1 aliphatic rings. The third-order valence-corrected chi connectivity index (χ3v) is 4.23. The zero-order chi connectivity index (χ0) is 16.3. The largest absolute Gasteiger partial charge is 0.324 e. The number of halogens is 1. The molecular formula is C13H14FN3O4S. The van der Waals surface area contributed by atoms with Gasteiger partial charge in [0.15, 0.2) is 0 Å². The average Bonchev–Trinajstić information content (AvgIpc) is 2.97. The number of carbonyl (C=O) groups excluding carboxylic acids is 2. The van der Waals surface area contributed by atoms with E-state index in [0.717, 1.165) is 12.1 Å². The van der Waals surface area contributed by atoms with Crippen molar-refractivity contribution < 1.29 is 18.9 Å². The van der Waals surface area contributed by atoms with Crippen molar-refractivity contribution in [1.29, 1.82) is 0 Å². The minimum Gasteiger partial charge on any atom is -0.324 e. The van der Waals surface area contributed by atoms with Crippen molar-refractivity contribution in [1.82, 2.24) is 4.90 Å². The molecule has 0 aromatic heterocycles. The number of nitrogens with one attached hydrogen (secondary N) is 1. The first-order valence-electron chi connectivity index (χ1n) is 6.56. The minimum absolute atomic E-state index is 0.124. The van der Waals surface area contributed by atoms with E-state index in [1.165, 1.54) is 22.7 Å². The summed E-state index contributed by atoms with van der Waals surface area (Å²) in [4.78, 5) is 35.3. The van der Waals surface area contributed by atoms with Gasteiger partial charge in [0.1, 0.15) is 6.04 Å². The van der Waals surface area contributed by atoms with E-state index in [2.05, 4.69) is 5.32 Å². The Kier molecular flexibility index (Phi) is 4.96. The van der Waals surface area contributed by atoms with Gasteiger partial charge in [-0.25, -0.2) is 0 Å². The first-order chi connectivity index (χ1) is 10.4. The highest BCUT2D eigenvalue weighted by atomic mass is 32.2. The second-order valence-electron chi connectivity index (χ2n) is 4.65. The molecule has 1 N–H and O–H groups in total. The molecule has 1 aromatic carbocycles. The standard InChI is InChI=1S/C13H14FN3O4S/c1-2-12(18)16-7-22-6-11(16)13(19)15-8-3-4-9(14)10(5-8)17(20)21/h3-5,11H,2,6-7H2,1H3,(H,15,19). The average molecular weight is 327 g/mol. The van der Waals surface area contributed by atoms with Crippen LogP contribution in [-0.2, 0) is 9.59 Å². The lowest BCUT2D eigenvalue weighted by Crippen LogP contribution is -2.44. The summed E-state index contributed by atoms with van der Waals surface area (Å²) in [5.41, 5.74) is -0.584. The minimum atomic E-state index is -0.970. The van der Waals surface area contributed by atoms with Crippen LogP contribution in [0.3, 0.4) is 0 Å². The van der Waals surface area contributed by atoms with E-state index >= 15 is 0 Å². The maximum absolute atomic E-state index is 13.3. The molecule has 1 aliphatic heterocycles. The lowest BCUT2D eigenvalue weighted by atomic mass is 10.2. The molecule has 0 aliphatic carbocycles. The zero-order valence-corrected chi connectivity index (χ0v) is 12.6. The number of nitro benzene ring substituents is 1. The van der Waals surface area contributed by atoms with E-state index in [0.29, 0.717) is 18.1 Å². The van der Waals surface area contributed by atoms with Gasteiger partial charge in [-0.1, -0.05) is 6.92 Å². The fourth-order valence-corrected chi connectivity index (χ4v) is 3.25. The van der Waals surface area contributed by atoms with Crippen LogP contribution in [0.1, 0.15) is 13.3 Å². The van der Waals surface area contributed by atoms with Crippen LogP contribution in [-0.4, -0.2) is 39.3 Å². The van der Waals surface area contributed by atoms with Gasteiger partial charge < -0.3 is 10.2 Å². The van der Waals surface area contributed by atoms with Crippen molar-refractivity contribution in [2.75, 3.05) is 16.9 Å². The molecular weight excluding hydrogens is 313 g/mol. The van der Waals surface area contributed by atoms with Gasteiger partial charge in [0.05, 0.1) is 10.8 Å². The summed E-state index contributed by atoms with van der Waals surface area (Å²) in [7, 11) is 0. The number of hydrogen-bond acceptors (Lipinski definition) is 5. The zero-order valence-electron chi connectivity index (χ0n) is 11.7. The Labute approximate surface area is 130 Å². The van der Waals surface area contributed by atoms with E-state index in [1.54, 1.807) is 6.92 Å². The Morgan fingerprint density at radius 1 is 1.55 bits per heavy atom. The van der Waals surface area contributed by atoms with Gasteiger partial charge in [0.2, 0.25) is 17.6 Å². The maximum Gasteiger partial charge on any atom is 0.306 e. The SMILES string of the molecule is CCC(=O)N1CSCC1C(=O)Nc1ccc(F)c([N+](=O)[O-])c1. The van der Waals surface area contributed by atoms with E-state index in [4.69, 9.17) is 0 Å². The first-order valence-corrected chi connectivity index (χ1v) is 7.71. The molecule has 0 bridgehead atoms. The predicted octanol–water partition coefficient (Wildman–Crippen LogP) is 1.98. The van der Waals surface area contributed by atoms with Gasteiger partial charge in [-0.2, -0.15) is 4.39 Å². The second-order valence-corrected chi connectivity index (χ2v) is 5.65. The lowest BCUT2D eigenvalue weighted by Gasteiger charge is -2.22. The Balaban J connectivity index is 2.13. The van der Waals surface area contributed by atoms with E-state index in [9.17, 15) is 24.1 Å². The summed E-state index contributed by atoms with van der Waals surface area (Å²) in [5, 5.41) is 13.2. The number of benzene rings is 1. The number of thioether (sulfide) groups is 1. The molecule has 1 fully saturated rings. The molecule has 7 nitrogen and oxygen atoms in total. The number of hydrogen-bond donors (Lipinski definition) is 1. The van der Waals surface area contributed by atoms with Crippen molar-refractivity contribution in [3.8, 4) is 0 Å². The van der Waals surface area contributed by atoms with Crippen molar-refractivity contribution >= 4 is 35.0 Å². The van der Waals surface area contributed by atoms with Gasteiger partial charge in [-0.3, -0.25) is 19.7 Å². The molecule has 1 heterocycles. The fourth-order valence-electron chi connectivity index (χ4n) is 2.06. The van der Waals surface area contributed by atoms with Gasteiger partial charge in [0, 0.05) is 23.9 Å². The number of nitrogens with zero attached hydrogens (tertiary/aromatic N) is 2. The number of rotatable bonds is 4. The Morgan fingerprint density at radius 3 is 2.91 bits per heavy atom. The van der Waals surface area contributed by atoms with Crippen LogP contribution in [0.5, 0.6) is 0 Å². The molecule has 9 heteroatoms. The van der Waals surface area contributed by atoms with Crippen LogP contribution in [0.2, 0.25) is 0 Å². The highest BCUT2D eigenvalue weighted by Crippen LogP contribution is 2.25. The van der Waals surface area contributed by atoms with Crippen LogP contribution < -0.4 is 5.32 Å². The molecule has 1 aromatic rings. The Hall–Kier alpha value is -2.16.